The van der Waals surface area contributed by atoms with Gasteiger partial charge < -0.3 is 9.84 Å². The number of methoxy groups -OCH3 is 1. The molecule has 1 saturated carbocycles. The number of carbonyl (C=O) groups excluding carboxylic acids is 4. The zero-order chi connectivity index (χ0) is 37.9. The molecule has 17 heteroatoms. The Morgan fingerprint density at radius 2 is 1.40 bits per heavy atom. The summed E-state index contributed by atoms with van der Waals surface area (Å²) in [5.41, 5.74) is -4.43. The molecule has 3 fully saturated rings. The highest BCUT2D eigenvalue weighted by Crippen LogP contribution is 2.66. The quantitative estimate of drug-likeness (QED) is 0.129. The van der Waals surface area contributed by atoms with Gasteiger partial charge in [-0.25, -0.2) is 14.2 Å². The molecule has 8 nitrogen and oxygen atoms in total. The van der Waals surface area contributed by atoms with Crippen LogP contribution in [-0.4, -0.2) is 45.6 Å². The van der Waals surface area contributed by atoms with Crippen LogP contribution < -0.4 is 14.5 Å². The summed E-state index contributed by atoms with van der Waals surface area (Å²) in [6, 6.07) is 8.58. The van der Waals surface area contributed by atoms with Gasteiger partial charge in [0.2, 0.25) is 11.8 Å². The predicted octanol–water partition coefficient (Wildman–Crippen LogP) is 7.35. The fourth-order valence-electron chi connectivity index (χ4n) is 7.96. The van der Waals surface area contributed by atoms with Crippen molar-refractivity contribution in [2.45, 2.75) is 40.9 Å². The molecular formula is C35H23Cl2F7N2O6. The first-order valence-electron chi connectivity index (χ1n) is 15.5. The number of benzene rings is 3. The molecule has 2 saturated heterocycles. The van der Waals surface area contributed by atoms with Gasteiger partial charge in [0.15, 0.2) is 9.75 Å². The molecule has 52 heavy (non-hydrogen) atoms. The van der Waals surface area contributed by atoms with E-state index in [1.165, 1.54) is 31.4 Å². The van der Waals surface area contributed by atoms with Crippen LogP contribution >= 0.6 is 23.2 Å². The van der Waals surface area contributed by atoms with Gasteiger partial charge in [-0.05, 0) is 67.3 Å². The summed E-state index contributed by atoms with van der Waals surface area (Å²) < 4.78 is 102. The molecule has 7 rings (SSSR count). The molecule has 4 amide bonds. The van der Waals surface area contributed by atoms with Crippen molar-refractivity contribution in [2.24, 2.45) is 17.8 Å². The number of carbonyl (C=O) groups is 4. The highest BCUT2D eigenvalue weighted by Gasteiger charge is 2.77. The first kappa shape index (κ1) is 35.8. The van der Waals surface area contributed by atoms with Gasteiger partial charge >= 0.3 is 12.4 Å². The summed E-state index contributed by atoms with van der Waals surface area (Å²) in [7, 11) is 1.32. The second-order valence-corrected chi connectivity index (χ2v) is 14.2. The average Bonchev–Trinajstić information content (AvgIpc) is 3.42. The van der Waals surface area contributed by atoms with Gasteiger partial charge in [0.1, 0.15) is 17.3 Å². The molecule has 2 aliphatic carbocycles. The van der Waals surface area contributed by atoms with Crippen LogP contribution in [0.4, 0.5) is 42.1 Å². The Balaban J connectivity index is 1.39. The molecule has 0 bridgehead atoms. The number of ether oxygens (including phenoxy) is 1. The van der Waals surface area contributed by atoms with Gasteiger partial charge in [0, 0.05) is 17.5 Å². The second-order valence-electron chi connectivity index (χ2n) is 13.0. The number of hydrogen-bond donors (Lipinski definition) is 1. The van der Waals surface area contributed by atoms with E-state index in [0.717, 1.165) is 24.3 Å². The SMILES string of the molecule is COc1ccc([C@H]2C3=CC[C@@H]4C(=O)N(c5cc(C(F)(F)F)cc(C(F)(F)F)c5)C(=O)[C@@H]4[C@@H]3C[C@@]3(Cl)C(=O)N(c4ccc(F)cc4)C(=O)[C@@]23Cl)c(O)c1. The highest BCUT2D eigenvalue weighted by atomic mass is 35.5. The number of rotatable bonds is 4. The number of fused-ring (bicyclic) bond motifs is 4. The number of nitrogens with zero attached hydrogens (tertiary/aromatic N) is 2. The lowest BCUT2D eigenvalue weighted by molar-refractivity contribution is -0.143. The van der Waals surface area contributed by atoms with Crippen LogP contribution in [0.5, 0.6) is 11.5 Å². The molecule has 3 aromatic carbocycles. The third kappa shape index (κ3) is 5.02. The Kier molecular flexibility index (Phi) is 8.04. The number of halogens is 9. The van der Waals surface area contributed by atoms with Crippen molar-refractivity contribution in [2.75, 3.05) is 16.9 Å². The monoisotopic (exact) mass is 770 g/mol. The van der Waals surface area contributed by atoms with Gasteiger partial charge in [-0.15, -0.1) is 23.2 Å². The van der Waals surface area contributed by atoms with Crippen LogP contribution in [0.1, 0.15) is 35.4 Å². The van der Waals surface area contributed by atoms with E-state index in [1.807, 2.05) is 0 Å². The molecular weight excluding hydrogens is 748 g/mol. The van der Waals surface area contributed by atoms with Crippen LogP contribution in [0.15, 0.2) is 72.3 Å². The summed E-state index contributed by atoms with van der Waals surface area (Å²) in [5.74, 6) is -10.9. The second kappa shape index (κ2) is 11.7. The lowest BCUT2D eigenvalue weighted by atomic mass is 9.56. The molecule has 2 aliphatic heterocycles. The smallest absolute Gasteiger partial charge is 0.416 e. The first-order valence-corrected chi connectivity index (χ1v) is 16.3. The molecule has 2 heterocycles. The van der Waals surface area contributed by atoms with E-state index in [0.29, 0.717) is 4.90 Å². The Morgan fingerprint density at radius 1 is 0.788 bits per heavy atom. The fraction of sp³-hybridized carbons (Fsp3) is 0.314. The largest absolute Gasteiger partial charge is 0.508 e. The minimum atomic E-state index is -5.28. The van der Waals surface area contributed by atoms with E-state index in [4.69, 9.17) is 27.9 Å². The number of imide groups is 2. The molecule has 0 spiro atoms. The number of amides is 4. The van der Waals surface area contributed by atoms with Gasteiger partial charge in [0.05, 0.1) is 41.4 Å². The van der Waals surface area contributed by atoms with E-state index in [1.54, 1.807) is 0 Å². The normalized spacial score (nSPS) is 28.8. The molecule has 6 atom stereocenters. The van der Waals surface area contributed by atoms with Crippen molar-refractivity contribution in [3.8, 4) is 11.5 Å². The van der Waals surface area contributed by atoms with Crippen LogP contribution in [0, 0.1) is 23.6 Å². The Bertz CT molecular complexity index is 2070. The summed E-state index contributed by atoms with van der Waals surface area (Å²) in [6.45, 7) is 0. The lowest BCUT2D eigenvalue weighted by Gasteiger charge is -2.50. The van der Waals surface area contributed by atoms with Gasteiger partial charge in [-0.1, -0.05) is 17.7 Å². The summed E-state index contributed by atoms with van der Waals surface area (Å²) in [4.78, 5) is 52.8. The minimum Gasteiger partial charge on any atom is -0.508 e. The molecule has 272 valence electrons. The molecule has 1 N–H and O–H groups in total. The summed E-state index contributed by atoms with van der Waals surface area (Å²) in [6.07, 6.45) is -9.96. The van der Waals surface area contributed by atoms with Gasteiger partial charge in [-0.2, -0.15) is 26.3 Å². The van der Waals surface area contributed by atoms with Crippen molar-refractivity contribution >= 4 is 58.2 Å². The van der Waals surface area contributed by atoms with E-state index in [2.05, 4.69) is 0 Å². The topological polar surface area (TPSA) is 104 Å². The number of allylic oxidation sites excluding steroid dienone is 2. The van der Waals surface area contributed by atoms with E-state index >= 15 is 0 Å². The third-order valence-electron chi connectivity index (χ3n) is 10.3. The average molecular weight is 771 g/mol. The number of hydrogen-bond acceptors (Lipinski definition) is 6. The maximum absolute atomic E-state index is 14.4. The zero-order valence-electron chi connectivity index (χ0n) is 26.4. The Hall–Kier alpha value is -4.63. The van der Waals surface area contributed by atoms with Crippen molar-refractivity contribution in [1.29, 1.82) is 0 Å². The standard InChI is InChI=1S/C35H23Cl2F7N2O6/c1-52-20-6-7-22(25(47)13-20)27-21-8-9-23-26(29(49)45(28(23)48)19-11-15(34(39,40)41)10-16(12-19)35(42,43)44)24(21)14-32(36)30(50)46(31(51)33(27,32)37)18-4-2-17(38)3-5-18/h2-8,10-13,23-24,26-27,47H,9,14H2,1H3/t23-,24+,26-,27+,32+,33-/m0/s1. The van der Waals surface area contributed by atoms with Gasteiger partial charge in [-0.3, -0.25) is 19.2 Å². The van der Waals surface area contributed by atoms with Crippen molar-refractivity contribution < 1.29 is 59.8 Å². The number of anilines is 2. The number of phenols is 1. The maximum atomic E-state index is 14.4. The van der Waals surface area contributed by atoms with E-state index in [9.17, 15) is 55.0 Å². The van der Waals surface area contributed by atoms with Crippen LogP contribution in [0.25, 0.3) is 0 Å². The lowest BCUT2D eigenvalue weighted by Crippen LogP contribution is -2.60. The minimum absolute atomic E-state index is 0.0429. The van der Waals surface area contributed by atoms with E-state index < -0.39 is 104 Å². The summed E-state index contributed by atoms with van der Waals surface area (Å²) >= 11 is 14.4. The number of aromatic hydroxyl groups is 1. The van der Waals surface area contributed by atoms with Crippen molar-refractivity contribution in [1.82, 2.24) is 0 Å². The zero-order valence-corrected chi connectivity index (χ0v) is 27.9. The number of phenolic OH excluding ortho intramolecular Hbond substituents is 1. The molecule has 0 aromatic heterocycles. The fourth-order valence-corrected chi connectivity index (χ4v) is 8.89. The molecule has 4 aliphatic rings. The van der Waals surface area contributed by atoms with Crippen LogP contribution in [-0.2, 0) is 31.5 Å². The van der Waals surface area contributed by atoms with Gasteiger partial charge in [0.25, 0.3) is 11.8 Å². The van der Waals surface area contributed by atoms with E-state index in [-0.39, 0.29) is 52.1 Å². The molecule has 0 unspecified atom stereocenters. The molecule has 3 aromatic rings. The first-order chi connectivity index (χ1) is 24.2. The molecule has 0 radical (unpaired) electrons. The number of alkyl halides is 8. The Labute approximate surface area is 299 Å². The van der Waals surface area contributed by atoms with Crippen LogP contribution in [0.2, 0.25) is 0 Å². The maximum Gasteiger partial charge on any atom is 0.416 e. The van der Waals surface area contributed by atoms with Crippen molar-refractivity contribution in [3.63, 3.8) is 0 Å². The van der Waals surface area contributed by atoms with Crippen LogP contribution in [0.3, 0.4) is 0 Å². The Morgan fingerprint density at radius 3 is 1.96 bits per heavy atom. The highest BCUT2D eigenvalue weighted by molar-refractivity contribution is 6.58. The predicted molar refractivity (Wildman–Crippen MR) is 170 cm³/mol. The third-order valence-corrected chi connectivity index (χ3v) is 11.7. The summed E-state index contributed by atoms with van der Waals surface area (Å²) in [5, 5.41) is 11.2. The van der Waals surface area contributed by atoms with Crippen molar-refractivity contribution in [3.05, 3.63) is 94.8 Å².